The van der Waals surface area contributed by atoms with Crippen LogP contribution in [0.1, 0.15) is 33.3 Å². The van der Waals surface area contributed by atoms with Crippen molar-refractivity contribution in [1.29, 1.82) is 0 Å². The highest BCUT2D eigenvalue weighted by Crippen LogP contribution is 2.37. The first-order valence-electron chi connectivity index (χ1n) is 6.04. The molecule has 0 spiro atoms. The second-order valence-corrected chi connectivity index (χ2v) is 11.3. The number of halogens is 1. The molecule has 17 heavy (non-hydrogen) atoms. The highest BCUT2D eigenvalue weighted by molar-refractivity contribution is 7.24. The van der Waals surface area contributed by atoms with E-state index in [1.54, 1.807) is 6.07 Å². The van der Waals surface area contributed by atoms with E-state index in [1.165, 1.54) is 0 Å². The van der Waals surface area contributed by atoms with E-state index in [4.69, 9.17) is 11.1 Å². The molecule has 1 aromatic rings. The first-order chi connectivity index (χ1) is 7.88. The molecule has 1 nitrogen and oxygen atoms in total. The smallest absolute Gasteiger partial charge is 0.184 e. The van der Waals surface area contributed by atoms with Crippen LogP contribution in [0.25, 0.3) is 6.08 Å². The first kappa shape index (κ1) is 14.3. The number of phenols is 1. The topological polar surface area (TPSA) is 20.2 Å². The van der Waals surface area contributed by atoms with Crippen LogP contribution in [0.5, 0.6) is 5.75 Å². The number of hydrogen-bond donors (Lipinski definition) is 1. The molecule has 3 heteroatoms. The second kappa shape index (κ2) is 5.74. The molecule has 0 aliphatic rings. The van der Waals surface area contributed by atoms with Gasteiger partial charge in [0.25, 0.3) is 0 Å². The molecule has 0 aliphatic heterocycles. The lowest BCUT2D eigenvalue weighted by molar-refractivity contribution is 0.474. The zero-order chi connectivity index (χ0) is 13.1. The van der Waals surface area contributed by atoms with Crippen LogP contribution in [0.4, 0.5) is 0 Å². The highest BCUT2D eigenvalue weighted by Gasteiger charge is 2.35. The Hall–Kier alpha value is -0.733. The zero-order valence-electron chi connectivity index (χ0n) is 10.9. The van der Waals surface area contributed by atoms with Gasteiger partial charge in [0, 0.05) is 5.56 Å². The summed E-state index contributed by atoms with van der Waals surface area (Å²) in [5.41, 5.74) is 3.93. The Morgan fingerprint density at radius 3 is 2.12 bits per heavy atom. The van der Waals surface area contributed by atoms with Gasteiger partial charge in [-0.05, 0) is 17.1 Å². The molecule has 0 atom stereocenters. The molecule has 1 rings (SSSR count). The summed E-state index contributed by atoms with van der Waals surface area (Å²) in [4.78, 5) is 0. The second-order valence-electron chi connectivity index (χ2n) is 5.03. The quantitative estimate of drug-likeness (QED) is 0.605. The van der Waals surface area contributed by atoms with Crippen LogP contribution in [0.3, 0.4) is 0 Å². The number of para-hydroxylation sites is 1. The van der Waals surface area contributed by atoms with E-state index in [-0.39, 0.29) is 0 Å². The molecular formula is C14H21ClOSi. The van der Waals surface area contributed by atoms with Crippen molar-refractivity contribution < 1.29 is 5.11 Å². The van der Waals surface area contributed by atoms with E-state index in [1.807, 2.05) is 24.3 Å². The number of aromatic hydroxyl groups is 1. The molecule has 1 aromatic carbocycles. The number of hydrogen-bond acceptors (Lipinski definition) is 1. The van der Waals surface area contributed by atoms with Gasteiger partial charge in [-0.3, -0.25) is 0 Å². The van der Waals surface area contributed by atoms with Gasteiger partial charge in [0.2, 0.25) is 0 Å². The summed E-state index contributed by atoms with van der Waals surface area (Å²) in [6.07, 6.45) is 1.97. The van der Waals surface area contributed by atoms with Crippen LogP contribution >= 0.6 is 11.1 Å². The van der Waals surface area contributed by atoms with E-state index in [0.29, 0.717) is 16.8 Å². The average molecular weight is 269 g/mol. The van der Waals surface area contributed by atoms with Gasteiger partial charge in [-0.15, -0.1) is 0 Å². The van der Waals surface area contributed by atoms with E-state index in [9.17, 15) is 5.11 Å². The van der Waals surface area contributed by atoms with Gasteiger partial charge < -0.3 is 5.11 Å². The highest BCUT2D eigenvalue weighted by atomic mass is 35.6. The number of phenolic OH excluding ortho intramolecular Hbond substituents is 1. The number of benzene rings is 1. The van der Waals surface area contributed by atoms with E-state index in [0.717, 1.165) is 5.56 Å². The molecule has 0 bridgehead atoms. The van der Waals surface area contributed by atoms with Gasteiger partial charge in [0.1, 0.15) is 5.75 Å². The van der Waals surface area contributed by atoms with Gasteiger partial charge in [0.05, 0.1) is 0 Å². The minimum absolute atomic E-state index is 0.310. The van der Waals surface area contributed by atoms with Crippen molar-refractivity contribution in [3.63, 3.8) is 0 Å². The fraction of sp³-hybridized carbons (Fsp3) is 0.429. The Labute approximate surface area is 110 Å². The van der Waals surface area contributed by atoms with E-state index < -0.39 is 7.38 Å². The summed E-state index contributed by atoms with van der Waals surface area (Å²) < 4.78 is 0. The lowest BCUT2D eigenvalue weighted by Crippen LogP contribution is -2.32. The lowest BCUT2D eigenvalue weighted by Gasteiger charge is -2.29. The monoisotopic (exact) mass is 268 g/mol. The molecule has 0 aliphatic carbocycles. The van der Waals surface area contributed by atoms with Crippen molar-refractivity contribution in [3.05, 3.63) is 35.5 Å². The maximum atomic E-state index is 9.71. The minimum atomic E-state index is -1.93. The maximum Gasteiger partial charge on any atom is 0.184 e. The summed E-state index contributed by atoms with van der Waals surface area (Å²) >= 11 is 6.78. The Kier molecular flexibility index (Phi) is 4.84. The van der Waals surface area contributed by atoms with Crippen LogP contribution in [0.15, 0.2) is 30.0 Å². The van der Waals surface area contributed by atoms with Crippen LogP contribution < -0.4 is 0 Å². The summed E-state index contributed by atoms with van der Waals surface area (Å²) in [6, 6.07) is 7.34. The predicted molar refractivity (Wildman–Crippen MR) is 78.9 cm³/mol. The summed E-state index contributed by atoms with van der Waals surface area (Å²) in [7, 11) is -1.93. The predicted octanol–water partition coefficient (Wildman–Crippen LogP) is 4.95. The SMILES string of the molecule is CC(C)[Si](Cl)(/C=C/c1ccccc1O)C(C)C. The molecule has 0 saturated heterocycles. The summed E-state index contributed by atoms with van der Waals surface area (Å²) in [5.74, 6) is 0.310. The van der Waals surface area contributed by atoms with Crippen LogP contribution in [0.2, 0.25) is 11.1 Å². The van der Waals surface area contributed by atoms with Crippen molar-refractivity contribution in [1.82, 2.24) is 0 Å². The fourth-order valence-corrected chi connectivity index (χ4v) is 4.62. The number of rotatable bonds is 4. The molecule has 0 heterocycles. The van der Waals surface area contributed by atoms with Crippen molar-refractivity contribution in [2.24, 2.45) is 0 Å². The molecule has 0 amide bonds. The van der Waals surface area contributed by atoms with Gasteiger partial charge >= 0.3 is 0 Å². The van der Waals surface area contributed by atoms with Gasteiger partial charge in [-0.1, -0.05) is 57.7 Å². The van der Waals surface area contributed by atoms with E-state index >= 15 is 0 Å². The van der Waals surface area contributed by atoms with Crippen molar-refractivity contribution >= 4 is 24.5 Å². The maximum absolute atomic E-state index is 9.71. The van der Waals surface area contributed by atoms with Gasteiger partial charge in [-0.2, -0.15) is 11.1 Å². The average Bonchev–Trinajstić information content (AvgIpc) is 2.27. The molecule has 1 N–H and O–H groups in total. The zero-order valence-corrected chi connectivity index (χ0v) is 12.7. The molecular weight excluding hydrogens is 248 g/mol. The molecule has 0 unspecified atom stereocenters. The molecule has 0 saturated carbocycles. The Bertz CT molecular complexity index is 391. The molecule has 94 valence electrons. The van der Waals surface area contributed by atoms with Crippen molar-refractivity contribution in [2.45, 2.75) is 38.8 Å². The van der Waals surface area contributed by atoms with Crippen molar-refractivity contribution in [2.75, 3.05) is 0 Å². The fourth-order valence-electron chi connectivity index (χ4n) is 1.90. The lowest BCUT2D eigenvalue weighted by atomic mass is 10.2. The molecule has 0 aromatic heterocycles. The van der Waals surface area contributed by atoms with E-state index in [2.05, 4.69) is 33.4 Å². The summed E-state index contributed by atoms with van der Waals surface area (Å²) in [6.45, 7) is 8.70. The third kappa shape index (κ3) is 3.36. The van der Waals surface area contributed by atoms with Crippen LogP contribution in [-0.2, 0) is 0 Å². The molecule has 0 fully saturated rings. The third-order valence-electron chi connectivity index (χ3n) is 3.22. The van der Waals surface area contributed by atoms with Crippen molar-refractivity contribution in [3.8, 4) is 5.75 Å². The van der Waals surface area contributed by atoms with Crippen LogP contribution in [0, 0.1) is 0 Å². The van der Waals surface area contributed by atoms with Gasteiger partial charge in [-0.25, -0.2) is 0 Å². The Balaban J connectivity index is 3.00. The third-order valence-corrected chi connectivity index (χ3v) is 10.4. The Morgan fingerprint density at radius 1 is 1.12 bits per heavy atom. The summed E-state index contributed by atoms with van der Waals surface area (Å²) in [5, 5.41) is 9.71. The Morgan fingerprint density at radius 2 is 1.65 bits per heavy atom. The largest absolute Gasteiger partial charge is 0.507 e. The normalized spacial score (nSPS) is 12.9. The first-order valence-corrected chi connectivity index (χ1v) is 9.28. The molecule has 0 radical (unpaired) electrons. The minimum Gasteiger partial charge on any atom is -0.507 e. The standard InChI is InChI=1S/C14H21ClOSi/c1-11(2)17(15,12(3)4)10-9-13-7-5-6-8-14(13)16/h5-12,16H,1-4H3/b10-9+. The van der Waals surface area contributed by atoms with Crippen LogP contribution in [-0.4, -0.2) is 12.5 Å². The van der Waals surface area contributed by atoms with Gasteiger partial charge in [0.15, 0.2) is 7.38 Å².